The lowest BCUT2D eigenvalue weighted by Gasteiger charge is -2.28. The van der Waals surface area contributed by atoms with E-state index >= 15 is 0 Å². The molecule has 0 unspecified atom stereocenters. The van der Waals surface area contributed by atoms with Crippen LogP contribution < -0.4 is 11.1 Å². The maximum atomic E-state index is 12.8. The fourth-order valence-electron chi connectivity index (χ4n) is 2.15. The number of nitrogens with one attached hydrogen (secondary N) is 1. The van der Waals surface area contributed by atoms with Crippen LogP contribution in [-0.4, -0.2) is 44.0 Å². The number of hydrogen-bond donors (Lipinski definition) is 2. The van der Waals surface area contributed by atoms with E-state index in [1.807, 2.05) is 11.9 Å². The van der Waals surface area contributed by atoms with E-state index in [9.17, 15) is 9.18 Å². The predicted molar refractivity (Wildman–Crippen MR) is 83.4 cm³/mol. The molecule has 0 aliphatic carbocycles. The fourth-order valence-corrected chi connectivity index (χ4v) is 2.15. The van der Waals surface area contributed by atoms with E-state index in [0.717, 1.165) is 12.1 Å². The first-order chi connectivity index (χ1) is 9.82. The second-order valence-corrected chi connectivity index (χ2v) is 6.27. The molecular weight excluding hydrogens is 269 g/mol. The van der Waals surface area contributed by atoms with E-state index in [0.29, 0.717) is 26.1 Å². The molecule has 118 valence electrons. The molecule has 0 aliphatic heterocycles. The lowest BCUT2D eigenvalue weighted by atomic mass is 9.93. The minimum atomic E-state index is -0.244. The van der Waals surface area contributed by atoms with E-state index in [1.165, 1.54) is 12.1 Å². The predicted octanol–water partition coefficient (Wildman–Crippen LogP) is 1.40. The van der Waals surface area contributed by atoms with Gasteiger partial charge in [-0.2, -0.15) is 0 Å². The van der Waals surface area contributed by atoms with Gasteiger partial charge in [0.1, 0.15) is 5.82 Å². The third-order valence-corrected chi connectivity index (χ3v) is 3.31. The van der Waals surface area contributed by atoms with E-state index in [1.54, 1.807) is 12.1 Å². The molecule has 0 aromatic heterocycles. The Labute approximate surface area is 126 Å². The Kier molecular flexibility index (Phi) is 6.78. The monoisotopic (exact) mass is 295 g/mol. The van der Waals surface area contributed by atoms with Crippen LogP contribution in [0.15, 0.2) is 24.3 Å². The minimum absolute atomic E-state index is 0.00312. The molecule has 0 bridgehead atoms. The van der Waals surface area contributed by atoms with Crippen molar-refractivity contribution in [1.29, 1.82) is 0 Å². The van der Waals surface area contributed by atoms with E-state index in [-0.39, 0.29) is 17.1 Å². The summed E-state index contributed by atoms with van der Waals surface area (Å²) < 4.78 is 12.8. The van der Waals surface area contributed by atoms with Crippen LogP contribution in [0.5, 0.6) is 0 Å². The average Bonchev–Trinajstić information content (AvgIpc) is 2.40. The first-order valence-electron chi connectivity index (χ1n) is 7.22. The number of hydrogen-bond acceptors (Lipinski definition) is 3. The first kappa shape index (κ1) is 17.6. The van der Waals surface area contributed by atoms with Crippen LogP contribution in [0.2, 0.25) is 0 Å². The fraction of sp³-hybridized carbons (Fsp3) is 0.562. The summed E-state index contributed by atoms with van der Waals surface area (Å²) in [6.45, 7) is 6.43. The van der Waals surface area contributed by atoms with Gasteiger partial charge in [0, 0.05) is 13.1 Å². The molecule has 0 saturated carbocycles. The van der Waals surface area contributed by atoms with Crippen molar-refractivity contribution in [3.63, 3.8) is 0 Å². The van der Waals surface area contributed by atoms with Crippen molar-refractivity contribution in [3.05, 3.63) is 35.6 Å². The Bertz CT molecular complexity index is 445. The van der Waals surface area contributed by atoms with Gasteiger partial charge in [-0.05, 0) is 43.1 Å². The maximum Gasteiger partial charge on any atom is 0.234 e. The van der Waals surface area contributed by atoms with Crippen LogP contribution in [0.4, 0.5) is 4.39 Å². The zero-order valence-corrected chi connectivity index (χ0v) is 13.2. The molecule has 0 saturated heterocycles. The van der Waals surface area contributed by atoms with Gasteiger partial charge in [-0.25, -0.2) is 4.39 Å². The summed E-state index contributed by atoms with van der Waals surface area (Å²) in [5.74, 6) is -0.251. The smallest absolute Gasteiger partial charge is 0.234 e. The molecule has 1 aromatic carbocycles. The molecule has 1 aromatic rings. The molecule has 1 amide bonds. The highest BCUT2D eigenvalue weighted by atomic mass is 19.1. The highest BCUT2D eigenvalue weighted by Gasteiger charge is 2.19. The third kappa shape index (κ3) is 7.20. The van der Waals surface area contributed by atoms with E-state index in [2.05, 4.69) is 19.2 Å². The van der Waals surface area contributed by atoms with Crippen molar-refractivity contribution in [2.45, 2.75) is 20.3 Å². The number of carbonyl (C=O) groups excluding carboxylic acids is 1. The first-order valence-corrected chi connectivity index (χ1v) is 7.22. The molecule has 0 heterocycles. The van der Waals surface area contributed by atoms with Crippen LogP contribution in [0.3, 0.4) is 0 Å². The number of likely N-dealkylation sites (N-methyl/N-ethyl adjacent to an activating group) is 1. The molecule has 3 N–H and O–H groups in total. The van der Waals surface area contributed by atoms with Gasteiger partial charge in [0.15, 0.2) is 0 Å². The van der Waals surface area contributed by atoms with Crippen molar-refractivity contribution >= 4 is 5.91 Å². The second kappa shape index (κ2) is 8.10. The van der Waals surface area contributed by atoms with Gasteiger partial charge in [-0.15, -0.1) is 0 Å². The minimum Gasteiger partial charge on any atom is -0.355 e. The maximum absolute atomic E-state index is 12.8. The van der Waals surface area contributed by atoms with Crippen LogP contribution in [0.1, 0.15) is 19.4 Å². The zero-order valence-electron chi connectivity index (χ0n) is 13.2. The molecule has 21 heavy (non-hydrogen) atoms. The molecule has 0 fully saturated rings. The molecule has 5 heteroatoms. The Morgan fingerprint density at radius 3 is 2.52 bits per heavy atom. The van der Waals surface area contributed by atoms with Crippen LogP contribution in [0.25, 0.3) is 0 Å². The molecule has 4 nitrogen and oxygen atoms in total. The molecule has 0 aliphatic rings. The normalized spacial score (nSPS) is 11.7. The van der Waals surface area contributed by atoms with Gasteiger partial charge in [-0.1, -0.05) is 26.0 Å². The Balaban J connectivity index is 2.26. The van der Waals surface area contributed by atoms with Crippen LogP contribution >= 0.6 is 0 Å². The molecule has 0 atom stereocenters. The van der Waals surface area contributed by atoms with Crippen molar-refractivity contribution < 1.29 is 9.18 Å². The van der Waals surface area contributed by atoms with Gasteiger partial charge >= 0.3 is 0 Å². The number of benzene rings is 1. The van der Waals surface area contributed by atoms with Gasteiger partial charge in [-0.3, -0.25) is 9.69 Å². The van der Waals surface area contributed by atoms with E-state index < -0.39 is 0 Å². The third-order valence-electron chi connectivity index (χ3n) is 3.31. The lowest BCUT2D eigenvalue weighted by molar-refractivity contribution is -0.122. The quantitative estimate of drug-likeness (QED) is 0.762. The van der Waals surface area contributed by atoms with Crippen molar-refractivity contribution in [2.75, 3.05) is 33.2 Å². The molecular formula is C16H26FN3O. The molecule has 0 spiro atoms. The largest absolute Gasteiger partial charge is 0.355 e. The molecule has 1 rings (SSSR count). The van der Waals surface area contributed by atoms with E-state index in [4.69, 9.17) is 5.73 Å². The zero-order chi connectivity index (χ0) is 15.9. The van der Waals surface area contributed by atoms with Crippen molar-refractivity contribution in [2.24, 2.45) is 11.1 Å². The average molecular weight is 295 g/mol. The number of nitrogens with two attached hydrogens (primary N) is 1. The number of carbonyl (C=O) groups is 1. The Morgan fingerprint density at radius 2 is 1.95 bits per heavy atom. The number of rotatable bonds is 8. The number of nitrogens with zero attached hydrogens (tertiary/aromatic N) is 1. The second-order valence-electron chi connectivity index (χ2n) is 6.27. The summed E-state index contributed by atoms with van der Waals surface area (Å²) in [5, 5.41) is 2.87. The summed E-state index contributed by atoms with van der Waals surface area (Å²) in [6, 6.07) is 6.33. The van der Waals surface area contributed by atoms with Gasteiger partial charge < -0.3 is 11.1 Å². The lowest BCUT2D eigenvalue weighted by Crippen LogP contribution is -2.42. The standard InChI is InChI=1S/C16H26FN3O/c1-16(2,11-18)12-20(3)10-15(21)19-9-8-13-4-6-14(17)7-5-13/h4-7H,8-12,18H2,1-3H3,(H,19,21). The molecule has 0 radical (unpaired) electrons. The summed E-state index contributed by atoms with van der Waals surface area (Å²) in [5.41, 5.74) is 6.70. The van der Waals surface area contributed by atoms with Gasteiger partial charge in [0.05, 0.1) is 6.54 Å². The summed E-state index contributed by atoms with van der Waals surface area (Å²) >= 11 is 0. The van der Waals surface area contributed by atoms with Crippen molar-refractivity contribution in [1.82, 2.24) is 10.2 Å². The van der Waals surface area contributed by atoms with Crippen LogP contribution in [-0.2, 0) is 11.2 Å². The van der Waals surface area contributed by atoms with Gasteiger partial charge in [0.2, 0.25) is 5.91 Å². The highest BCUT2D eigenvalue weighted by Crippen LogP contribution is 2.13. The summed E-state index contributed by atoms with van der Waals surface area (Å²) in [7, 11) is 1.91. The topological polar surface area (TPSA) is 58.4 Å². The summed E-state index contributed by atoms with van der Waals surface area (Å²) in [4.78, 5) is 13.8. The van der Waals surface area contributed by atoms with Gasteiger partial charge in [0.25, 0.3) is 0 Å². The Hall–Kier alpha value is -1.46. The highest BCUT2D eigenvalue weighted by molar-refractivity contribution is 5.77. The van der Waals surface area contributed by atoms with Crippen molar-refractivity contribution in [3.8, 4) is 0 Å². The summed E-state index contributed by atoms with van der Waals surface area (Å²) in [6.07, 6.45) is 0.698. The Morgan fingerprint density at radius 1 is 1.33 bits per heavy atom. The number of halogens is 1. The number of amides is 1. The van der Waals surface area contributed by atoms with Crippen LogP contribution in [0, 0.1) is 11.2 Å². The SMILES string of the molecule is CN(CC(=O)NCCc1ccc(F)cc1)CC(C)(C)CN.